The average Bonchev–Trinajstić information content (AvgIpc) is 3.64. The second-order valence-corrected chi connectivity index (χ2v) is 13.3. The lowest BCUT2D eigenvalue weighted by molar-refractivity contribution is 1.21. The van der Waals surface area contributed by atoms with Gasteiger partial charge in [0, 0.05) is 62.1 Å². The summed E-state index contributed by atoms with van der Waals surface area (Å²) in [4.78, 5) is 15.8. The normalized spacial score (nSPS) is 12.1. The molecule has 4 aromatic heterocycles. The maximum absolute atomic E-state index is 5.38. The number of thiophene rings is 2. The number of hydrogen-bond donors (Lipinski definition) is 0. The van der Waals surface area contributed by atoms with Gasteiger partial charge in [-0.05, 0) is 41.8 Å². The van der Waals surface area contributed by atoms with Crippen LogP contribution in [0.25, 0.3) is 95.7 Å². The first-order valence-corrected chi connectivity index (χ1v) is 16.2. The fourth-order valence-electron chi connectivity index (χ4n) is 6.66. The molecule has 0 N–H and O–H groups in total. The second-order valence-electron chi connectivity index (χ2n) is 11.2. The van der Waals surface area contributed by atoms with Gasteiger partial charge in [-0.25, -0.2) is 15.0 Å². The first-order chi connectivity index (χ1) is 21.8. The Bertz CT molecular complexity index is 2790. The van der Waals surface area contributed by atoms with Crippen molar-refractivity contribution in [2.24, 2.45) is 0 Å². The van der Waals surface area contributed by atoms with E-state index in [1.165, 1.54) is 45.7 Å². The molecule has 5 heteroatoms. The molecule has 0 aliphatic heterocycles. The smallest absolute Gasteiger partial charge is 0.179 e. The van der Waals surface area contributed by atoms with Crippen molar-refractivity contribution in [1.29, 1.82) is 0 Å². The number of pyridine rings is 1. The van der Waals surface area contributed by atoms with Crippen molar-refractivity contribution in [3.8, 4) is 22.8 Å². The summed E-state index contributed by atoms with van der Waals surface area (Å²) < 4.78 is 5.09. The van der Waals surface area contributed by atoms with Gasteiger partial charge in [-0.1, -0.05) is 91.0 Å². The van der Waals surface area contributed by atoms with Crippen molar-refractivity contribution in [3.05, 3.63) is 127 Å². The lowest BCUT2D eigenvalue weighted by Gasteiger charge is -2.13. The van der Waals surface area contributed by atoms with Crippen LogP contribution in [0.2, 0.25) is 0 Å². The van der Waals surface area contributed by atoms with Crippen molar-refractivity contribution in [2.45, 2.75) is 0 Å². The highest BCUT2D eigenvalue weighted by Gasteiger charge is 2.20. The molecule has 10 aromatic rings. The van der Waals surface area contributed by atoms with Crippen LogP contribution >= 0.6 is 22.7 Å². The Labute approximate surface area is 259 Å². The van der Waals surface area contributed by atoms with Crippen molar-refractivity contribution in [1.82, 2.24) is 15.0 Å². The number of nitrogens with zero attached hydrogens (tertiary/aromatic N) is 3. The Morgan fingerprint density at radius 1 is 0.364 bits per heavy atom. The van der Waals surface area contributed by atoms with Crippen LogP contribution in [0.3, 0.4) is 0 Å². The maximum atomic E-state index is 5.38. The van der Waals surface area contributed by atoms with Gasteiger partial charge in [-0.15, -0.1) is 22.7 Å². The molecule has 0 aliphatic carbocycles. The lowest BCUT2D eigenvalue weighted by Crippen LogP contribution is -1.98. The Hall–Kier alpha value is -5.23. The van der Waals surface area contributed by atoms with E-state index in [1.807, 2.05) is 22.7 Å². The highest BCUT2D eigenvalue weighted by molar-refractivity contribution is 7.26. The summed E-state index contributed by atoms with van der Waals surface area (Å²) in [6.45, 7) is 0. The van der Waals surface area contributed by atoms with Gasteiger partial charge in [0.15, 0.2) is 5.82 Å². The Morgan fingerprint density at radius 2 is 1.00 bits per heavy atom. The van der Waals surface area contributed by atoms with Crippen LogP contribution in [0.1, 0.15) is 0 Å². The van der Waals surface area contributed by atoms with Crippen LogP contribution in [0.4, 0.5) is 0 Å². The van der Waals surface area contributed by atoms with Crippen LogP contribution in [-0.4, -0.2) is 15.0 Å². The minimum atomic E-state index is 0.645. The Balaban J connectivity index is 1.33. The van der Waals surface area contributed by atoms with Crippen molar-refractivity contribution < 1.29 is 0 Å². The van der Waals surface area contributed by atoms with E-state index in [2.05, 4.69) is 127 Å². The summed E-state index contributed by atoms with van der Waals surface area (Å²) in [7, 11) is 0. The number of rotatable bonds is 2. The quantitative estimate of drug-likeness (QED) is 0.187. The molecule has 0 amide bonds. The average molecular weight is 596 g/mol. The molecule has 0 spiro atoms. The van der Waals surface area contributed by atoms with E-state index in [-0.39, 0.29) is 0 Å². The topological polar surface area (TPSA) is 38.7 Å². The molecule has 0 atom stereocenters. The van der Waals surface area contributed by atoms with Gasteiger partial charge in [-0.3, -0.25) is 0 Å². The van der Waals surface area contributed by atoms with Gasteiger partial charge >= 0.3 is 0 Å². The van der Waals surface area contributed by atoms with Crippen LogP contribution in [-0.2, 0) is 0 Å². The molecule has 0 fully saturated rings. The summed E-state index contributed by atoms with van der Waals surface area (Å²) in [5, 5.41) is 9.47. The minimum Gasteiger partial charge on any atom is -0.244 e. The molecule has 0 bridgehead atoms. The van der Waals surface area contributed by atoms with Gasteiger partial charge in [0.05, 0.1) is 16.7 Å². The summed E-state index contributed by atoms with van der Waals surface area (Å²) in [6, 6.07) is 45.2. The molecule has 44 heavy (non-hydrogen) atoms. The minimum absolute atomic E-state index is 0.645. The number of benzene rings is 6. The fraction of sp³-hybridized carbons (Fsp3) is 0. The largest absolute Gasteiger partial charge is 0.244 e. The SMILES string of the molecule is c1ccc2c(-c3cccc4c3sc3ccccc34)nc(-c3nc4ccccc4c4cc5sc6ccccc6c5cc34)nc2c1. The lowest BCUT2D eigenvalue weighted by atomic mass is 10.00. The van der Waals surface area contributed by atoms with Crippen molar-refractivity contribution in [3.63, 3.8) is 0 Å². The number of fused-ring (bicyclic) bond motifs is 10. The van der Waals surface area contributed by atoms with Crippen LogP contribution in [0.5, 0.6) is 0 Å². The van der Waals surface area contributed by atoms with Crippen LogP contribution in [0.15, 0.2) is 127 Å². The zero-order chi connectivity index (χ0) is 28.8. The molecule has 0 unspecified atom stereocenters. The van der Waals surface area contributed by atoms with E-state index < -0.39 is 0 Å². The van der Waals surface area contributed by atoms with Crippen LogP contribution < -0.4 is 0 Å². The summed E-state index contributed by atoms with van der Waals surface area (Å²) in [6.07, 6.45) is 0. The summed E-state index contributed by atoms with van der Waals surface area (Å²) in [5.41, 5.74) is 4.73. The number of hydrogen-bond acceptors (Lipinski definition) is 5. The second kappa shape index (κ2) is 9.13. The first-order valence-electron chi connectivity index (χ1n) is 14.6. The molecular formula is C39H21N3S2. The van der Waals surface area contributed by atoms with Gasteiger partial charge in [0.2, 0.25) is 0 Å². The third-order valence-electron chi connectivity index (χ3n) is 8.67. The van der Waals surface area contributed by atoms with E-state index >= 15 is 0 Å². The van der Waals surface area contributed by atoms with Crippen molar-refractivity contribution in [2.75, 3.05) is 0 Å². The highest BCUT2D eigenvalue weighted by Crippen LogP contribution is 2.43. The Kier molecular flexibility index (Phi) is 5.03. The maximum Gasteiger partial charge on any atom is 0.179 e. The number of aromatic nitrogens is 3. The molecule has 3 nitrogen and oxygen atoms in total. The van der Waals surface area contributed by atoms with E-state index in [0.29, 0.717) is 5.82 Å². The third-order valence-corrected chi connectivity index (χ3v) is 11.0. The van der Waals surface area contributed by atoms with Gasteiger partial charge in [0.25, 0.3) is 0 Å². The van der Waals surface area contributed by atoms with Gasteiger partial charge < -0.3 is 0 Å². The molecule has 204 valence electrons. The molecule has 0 radical (unpaired) electrons. The Morgan fingerprint density at radius 3 is 1.82 bits per heavy atom. The molecule has 6 aromatic carbocycles. The zero-order valence-corrected chi connectivity index (χ0v) is 24.9. The molecule has 0 aliphatic rings. The van der Waals surface area contributed by atoms with E-state index in [1.54, 1.807) is 0 Å². The third kappa shape index (κ3) is 3.45. The van der Waals surface area contributed by atoms with Gasteiger partial charge in [-0.2, -0.15) is 0 Å². The summed E-state index contributed by atoms with van der Waals surface area (Å²) in [5.74, 6) is 0.645. The highest BCUT2D eigenvalue weighted by atomic mass is 32.1. The number of para-hydroxylation sites is 2. The standard InChI is InChI=1S/C39H21N3S2/c1-5-16-31-22(10-1)28-21-35-29(24-12-4-7-18-33(24)43-35)20-30(28)37(40-31)39-41-32-17-6-2-13-26(32)36(42-39)27-15-9-14-25-23-11-3-8-19-34(23)44-38(25)27/h1-21H. The van der Waals surface area contributed by atoms with Crippen molar-refractivity contribution >= 4 is 95.6 Å². The molecule has 4 heterocycles. The van der Waals surface area contributed by atoms with E-state index in [9.17, 15) is 0 Å². The van der Waals surface area contributed by atoms with E-state index in [0.717, 1.165) is 44.1 Å². The predicted octanol–water partition coefficient (Wildman–Crippen LogP) is 11.4. The first kappa shape index (κ1) is 24.2. The predicted molar refractivity (Wildman–Crippen MR) is 189 cm³/mol. The molecule has 0 saturated heterocycles. The fourth-order valence-corrected chi connectivity index (χ4v) is 9.01. The molecular weight excluding hydrogens is 575 g/mol. The zero-order valence-electron chi connectivity index (χ0n) is 23.3. The summed E-state index contributed by atoms with van der Waals surface area (Å²) >= 11 is 3.67. The van der Waals surface area contributed by atoms with Gasteiger partial charge in [0.1, 0.15) is 5.69 Å². The monoisotopic (exact) mass is 595 g/mol. The molecule has 0 saturated carbocycles. The molecule has 10 rings (SSSR count). The van der Waals surface area contributed by atoms with Crippen LogP contribution in [0, 0.1) is 0 Å². The van der Waals surface area contributed by atoms with E-state index in [4.69, 9.17) is 15.0 Å².